The first-order valence-corrected chi connectivity index (χ1v) is 1.93. The monoisotopic (exact) mass is 112 g/mol. The first-order chi connectivity index (χ1) is 3.77. The highest BCUT2D eigenvalue weighted by molar-refractivity contribution is 5.68. The lowest BCUT2D eigenvalue weighted by Crippen LogP contribution is -1.88. The highest BCUT2D eigenvalue weighted by atomic mass is 16.4. The van der Waals surface area contributed by atoms with Crippen LogP contribution >= 0.6 is 0 Å². The van der Waals surface area contributed by atoms with Gasteiger partial charge in [0.1, 0.15) is 0 Å². The maximum absolute atomic E-state index is 9.53. The number of terminal acetylenes is 1. The summed E-state index contributed by atoms with van der Waals surface area (Å²) in [6, 6.07) is 0. The lowest BCUT2D eigenvalue weighted by atomic mass is 10.4. The van der Waals surface area contributed by atoms with Crippen LogP contribution < -0.4 is 0 Å². The summed E-state index contributed by atoms with van der Waals surface area (Å²) in [6.07, 6.45) is 9.41. The number of carbonyl (C=O) groups is 1. The zero-order valence-electron chi connectivity index (χ0n) is 4.50. The van der Waals surface area contributed by atoms with Crippen molar-refractivity contribution in [1.82, 2.24) is 0 Å². The molecule has 0 fully saturated rings. The molecule has 0 aliphatic heterocycles. The second-order valence-electron chi connectivity index (χ2n) is 0.887. The van der Waals surface area contributed by atoms with Crippen LogP contribution in [0.15, 0.2) is 12.7 Å². The lowest BCUT2D eigenvalue weighted by Gasteiger charge is -1.75. The molecule has 0 saturated heterocycles. The summed E-state index contributed by atoms with van der Waals surface area (Å²) < 4.78 is 0. The number of hydrogen-bond donors (Lipinski definition) is 1. The van der Waals surface area contributed by atoms with E-state index >= 15 is 0 Å². The fourth-order valence-electron chi connectivity index (χ4n) is 0.123. The van der Waals surface area contributed by atoms with Crippen LogP contribution in [-0.4, -0.2) is 11.1 Å². The highest BCUT2D eigenvalue weighted by Gasteiger charge is 1.84. The minimum Gasteiger partial charge on any atom is -0.481 e. The van der Waals surface area contributed by atoms with Gasteiger partial charge < -0.3 is 5.11 Å². The summed E-state index contributed by atoms with van der Waals surface area (Å²) in [6.45, 7) is 3.22. The normalized spacial score (nSPS) is 5.75. The second kappa shape index (κ2) is 9.24. The fourth-order valence-corrected chi connectivity index (χ4v) is 0.123. The van der Waals surface area contributed by atoms with Gasteiger partial charge in [0.05, 0.1) is 6.42 Å². The van der Waals surface area contributed by atoms with Crippen molar-refractivity contribution in [3.05, 3.63) is 12.7 Å². The van der Waals surface area contributed by atoms with Crippen molar-refractivity contribution in [3.63, 3.8) is 0 Å². The van der Waals surface area contributed by atoms with Gasteiger partial charge in [0.15, 0.2) is 0 Å². The molecular weight excluding hydrogens is 104 g/mol. The molecule has 1 N–H and O–H groups in total. The van der Waals surface area contributed by atoms with Crippen LogP contribution in [0.3, 0.4) is 0 Å². The van der Waals surface area contributed by atoms with E-state index in [4.69, 9.17) is 5.11 Å². The van der Waals surface area contributed by atoms with Crippen LogP contribution in [0.2, 0.25) is 0 Å². The molecule has 0 aliphatic carbocycles. The van der Waals surface area contributed by atoms with Crippen LogP contribution in [0, 0.1) is 12.8 Å². The van der Waals surface area contributed by atoms with Crippen LogP contribution in [0.4, 0.5) is 0 Å². The summed E-state index contributed by atoms with van der Waals surface area (Å²) in [5.74, 6) is -0.829. The van der Waals surface area contributed by atoms with Gasteiger partial charge in [-0.15, -0.1) is 19.4 Å². The number of carboxylic acid groups (broad SMARTS) is 1. The predicted octanol–water partition coefficient (Wildman–Crippen LogP) is 0.897. The minimum atomic E-state index is -0.829. The van der Waals surface area contributed by atoms with Gasteiger partial charge in [0.2, 0.25) is 0 Å². The largest absolute Gasteiger partial charge is 0.481 e. The van der Waals surface area contributed by atoms with Crippen molar-refractivity contribution in [2.24, 2.45) is 0 Å². The molecule has 0 atom stereocenters. The van der Waals surface area contributed by atoms with Gasteiger partial charge in [-0.05, 0) is 0 Å². The Balaban J connectivity index is 0. The first kappa shape index (κ1) is 9.91. The van der Waals surface area contributed by atoms with E-state index in [-0.39, 0.29) is 6.42 Å². The van der Waals surface area contributed by atoms with Gasteiger partial charge in [0.25, 0.3) is 0 Å². The maximum atomic E-state index is 9.53. The standard InChI is InChI=1S/C4H6O2.C2H2/c1-2-3-4(5)6;1-2/h2H,1,3H2,(H,5,6);1-2H. The molecule has 8 heavy (non-hydrogen) atoms. The molecule has 0 radical (unpaired) electrons. The Morgan fingerprint density at radius 3 is 2.12 bits per heavy atom. The van der Waals surface area contributed by atoms with E-state index in [0.717, 1.165) is 0 Å². The van der Waals surface area contributed by atoms with Gasteiger partial charge in [-0.3, -0.25) is 4.79 Å². The molecule has 0 aliphatic rings. The van der Waals surface area contributed by atoms with Gasteiger partial charge in [-0.1, -0.05) is 6.08 Å². The summed E-state index contributed by atoms with van der Waals surface area (Å²) in [4.78, 5) is 9.53. The second-order valence-corrected chi connectivity index (χ2v) is 0.887. The molecule has 0 aromatic heterocycles. The van der Waals surface area contributed by atoms with Crippen molar-refractivity contribution in [3.8, 4) is 12.8 Å². The van der Waals surface area contributed by atoms with E-state index < -0.39 is 5.97 Å². The third-order valence-corrected chi connectivity index (χ3v) is 0.319. The van der Waals surface area contributed by atoms with Gasteiger partial charge >= 0.3 is 5.97 Å². The number of aliphatic carboxylic acids is 1. The van der Waals surface area contributed by atoms with Gasteiger partial charge in [0, 0.05) is 0 Å². The Labute approximate surface area is 48.8 Å². The molecule has 2 nitrogen and oxygen atoms in total. The molecule has 0 unspecified atom stereocenters. The average molecular weight is 112 g/mol. The summed E-state index contributed by atoms with van der Waals surface area (Å²) in [5, 5.41) is 7.84. The third-order valence-electron chi connectivity index (χ3n) is 0.319. The molecule has 44 valence electrons. The molecule has 0 heterocycles. The van der Waals surface area contributed by atoms with Crippen molar-refractivity contribution in [2.75, 3.05) is 0 Å². The van der Waals surface area contributed by atoms with E-state index in [9.17, 15) is 4.79 Å². The van der Waals surface area contributed by atoms with Crippen LogP contribution in [-0.2, 0) is 4.79 Å². The smallest absolute Gasteiger partial charge is 0.307 e. The van der Waals surface area contributed by atoms with Gasteiger partial charge in [-0.2, -0.15) is 0 Å². The fraction of sp³-hybridized carbons (Fsp3) is 0.167. The zero-order chi connectivity index (χ0) is 6.99. The molecule has 0 aromatic rings. The third kappa shape index (κ3) is 21.6. The highest BCUT2D eigenvalue weighted by Crippen LogP contribution is 1.74. The minimum absolute atomic E-state index is 0.0556. The van der Waals surface area contributed by atoms with Crippen LogP contribution in [0.5, 0.6) is 0 Å². The summed E-state index contributed by atoms with van der Waals surface area (Å²) in [5.41, 5.74) is 0. The zero-order valence-corrected chi connectivity index (χ0v) is 4.50. The SMILES string of the molecule is C#C.C=CCC(=O)O. The van der Waals surface area contributed by atoms with E-state index in [0.29, 0.717) is 0 Å². The van der Waals surface area contributed by atoms with Crippen molar-refractivity contribution < 1.29 is 9.90 Å². The quantitative estimate of drug-likeness (QED) is 0.425. The molecule has 2 heteroatoms. The molecule has 0 spiro atoms. The molecule has 0 saturated carbocycles. The van der Waals surface area contributed by atoms with E-state index in [1.54, 1.807) is 0 Å². The summed E-state index contributed by atoms with van der Waals surface area (Å²) in [7, 11) is 0. The Hall–Kier alpha value is -1.23. The molecule has 0 aromatic carbocycles. The van der Waals surface area contributed by atoms with Gasteiger partial charge in [-0.25, -0.2) is 0 Å². The molecular formula is C6H8O2. The number of carboxylic acids is 1. The van der Waals surface area contributed by atoms with E-state index in [1.165, 1.54) is 6.08 Å². The topological polar surface area (TPSA) is 37.3 Å². The maximum Gasteiger partial charge on any atom is 0.307 e. The lowest BCUT2D eigenvalue weighted by molar-refractivity contribution is -0.135. The first-order valence-electron chi connectivity index (χ1n) is 1.93. The van der Waals surface area contributed by atoms with Crippen molar-refractivity contribution in [2.45, 2.75) is 6.42 Å². The Morgan fingerprint density at radius 1 is 1.75 bits per heavy atom. The molecule has 0 bridgehead atoms. The van der Waals surface area contributed by atoms with E-state index in [2.05, 4.69) is 19.4 Å². The summed E-state index contributed by atoms with van der Waals surface area (Å²) >= 11 is 0. The Bertz CT molecular complexity index is 91.9. The number of rotatable bonds is 2. The number of hydrogen-bond acceptors (Lipinski definition) is 1. The average Bonchev–Trinajstić information content (AvgIpc) is 1.72. The van der Waals surface area contributed by atoms with Crippen LogP contribution in [0.1, 0.15) is 6.42 Å². The van der Waals surface area contributed by atoms with Crippen molar-refractivity contribution >= 4 is 5.97 Å². The molecule has 0 amide bonds. The van der Waals surface area contributed by atoms with Crippen LogP contribution in [0.25, 0.3) is 0 Å². The van der Waals surface area contributed by atoms with E-state index in [1.807, 2.05) is 0 Å². The Morgan fingerprint density at radius 2 is 2.12 bits per heavy atom. The predicted molar refractivity (Wildman–Crippen MR) is 32.3 cm³/mol. The Kier molecular flexibility index (Phi) is 11.4. The van der Waals surface area contributed by atoms with Crippen molar-refractivity contribution in [1.29, 1.82) is 0 Å². The molecule has 0 rings (SSSR count).